The number of nitrogens with zero attached hydrogens (tertiary/aromatic N) is 1. The van der Waals surface area contributed by atoms with Gasteiger partial charge in [0.2, 0.25) is 5.91 Å². The molecule has 0 spiro atoms. The molecule has 0 unspecified atom stereocenters. The minimum absolute atomic E-state index is 0.0157. The van der Waals surface area contributed by atoms with Gasteiger partial charge in [-0.2, -0.15) is 5.10 Å². The maximum Gasteiger partial charge on any atom is 0.355 e. The standard InChI is InChI=1S/C14H13ClFN3O4/c1-7(23-14(22)11-4-5-12(20)19-18-11)13(21)17-10-3-2-8(15)6-9(10)16/h2-3,6-7H,4-5H2,1H3,(H,17,21)(H,19,20)/t7-/m1/s1. The summed E-state index contributed by atoms with van der Waals surface area (Å²) >= 11 is 5.62. The van der Waals surface area contributed by atoms with Gasteiger partial charge < -0.3 is 10.1 Å². The molecule has 1 atom stereocenters. The van der Waals surface area contributed by atoms with E-state index < -0.39 is 23.8 Å². The summed E-state index contributed by atoms with van der Waals surface area (Å²) < 4.78 is 18.5. The molecule has 23 heavy (non-hydrogen) atoms. The molecule has 2 N–H and O–H groups in total. The highest BCUT2D eigenvalue weighted by Crippen LogP contribution is 2.19. The second-order valence-electron chi connectivity index (χ2n) is 4.75. The van der Waals surface area contributed by atoms with E-state index in [4.69, 9.17) is 16.3 Å². The van der Waals surface area contributed by atoms with Crippen molar-refractivity contribution in [3.05, 3.63) is 29.0 Å². The monoisotopic (exact) mass is 341 g/mol. The zero-order valence-corrected chi connectivity index (χ0v) is 12.8. The highest BCUT2D eigenvalue weighted by atomic mass is 35.5. The molecule has 2 amide bonds. The quantitative estimate of drug-likeness (QED) is 0.813. The fourth-order valence-corrected chi connectivity index (χ4v) is 1.89. The Morgan fingerprint density at radius 3 is 2.78 bits per heavy atom. The molecule has 1 aliphatic rings. The van der Waals surface area contributed by atoms with Crippen LogP contribution in [-0.2, 0) is 19.1 Å². The molecule has 0 aromatic heterocycles. The van der Waals surface area contributed by atoms with E-state index in [-0.39, 0.29) is 35.2 Å². The molecular weight excluding hydrogens is 329 g/mol. The molecule has 2 rings (SSSR count). The van der Waals surface area contributed by atoms with E-state index in [0.29, 0.717) is 0 Å². The van der Waals surface area contributed by atoms with Crippen molar-refractivity contribution in [1.29, 1.82) is 0 Å². The van der Waals surface area contributed by atoms with Crippen LogP contribution < -0.4 is 10.7 Å². The van der Waals surface area contributed by atoms with Crippen LogP contribution >= 0.6 is 11.6 Å². The van der Waals surface area contributed by atoms with Gasteiger partial charge in [-0.3, -0.25) is 9.59 Å². The first kappa shape index (κ1) is 16.9. The van der Waals surface area contributed by atoms with Gasteiger partial charge >= 0.3 is 5.97 Å². The first-order valence-corrected chi connectivity index (χ1v) is 7.07. The minimum Gasteiger partial charge on any atom is -0.448 e. The van der Waals surface area contributed by atoms with E-state index in [1.54, 1.807) is 0 Å². The first-order chi connectivity index (χ1) is 10.9. The molecule has 1 aromatic carbocycles. The zero-order valence-electron chi connectivity index (χ0n) is 12.1. The fourth-order valence-electron chi connectivity index (χ4n) is 1.73. The molecule has 1 aromatic rings. The Morgan fingerprint density at radius 1 is 1.43 bits per heavy atom. The van der Waals surface area contributed by atoms with Gasteiger partial charge in [0.15, 0.2) is 6.10 Å². The largest absolute Gasteiger partial charge is 0.448 e. The molecule has 0 saturated carbocycles. The third-order valence-corrected chi connectivity index (χ3v) is 3.22. The van der Waals surface area contributed by atoms with Gasteiger partial charge in [0.1, 0.15) is 11.5 Å². The van der Waals surface area contributed by atoms with Crippen LogP contribution in [0.1, 0.15) is 19.8 Å². The lowest BCUT2D eigenvalue weighted by atomic mass is 10.2. The van der Waals surface area contributed by atoms with E-state index in [0.717, 1.165) is 6.07 Å². The Balaban J connectivity index is 1.94. The molecule has 7 nitrogen and oxygen atoms in total. The van der Waals surface area contributed by atoms with E-state index >= 15 is 0 Å². The molecule has 9 heteroatoms. The Hall–Kier alpha value is -2.48. The third-order valence-electron chi connectivity index (χ3n) is 2.98. The van der Waals surface area contributed by atoms with E-state index in [1.807, 2.05) is 0 Å². The van der Waals surface area contributed by atoms with Gasteiger partial charge in [-0.15, -0.1) is 0 Å². The number of carbonyl (C=O) groups excluding carboxylic acids is 3. The van der Waals surface area contributed by atoms with Gasteiger partial charge in [0.25, 0.3) is 5.91 Å². The van der Waals surface area contributed by atoms with Crippen LogP contribution in [-0.4, -0.2) is 29.6 Å². The lowest BCUT2D eigenvalue weighted by Crippen LogP contribution is -2.35. The van der Waals surface area contributed by atoms with Gasteiger partial charge in [-0.1, -0.05) is 11.6 Å². The van der Waals surface area contributed by atoms with Crippen molar-refractivity contribution in [3.63, 3.8) is 0 Å². The third kappa shape index (κ3) is 4.49. The normalized spacial score (nSPS) is 15.3. The summed E-state index contributed by atoms with van der Waals surface area (Å²) in [6, 6.07) is 3.76. The van der Waals surface area contributed by atoms with Crippen molar-refractivity contribution < 1.29 is 23.5 Å². The summed E-state index contributed by atoms with van der Waals surface area (Å²) in [6.07, 6.45) is -0.923. The number of hydrazone groups is 1. The smallest absolute Gasteiger partial charge is 0.355 e. The Labute approximate surface area is 135 Å². The molecule has 1 aliphatic heterocycles. The number of anilines is 1. The summed E-state index contributed by atoms with van der Waals surface area (Å²) in [5.41, 5.74) is 2.09. The van der Waals surface area contributed by atoms with Gasteiger partial charge in [0, 0.05) is 17.9 Å². The molecular formula is C14H13ClFN3O4. The lowest BCUT2D eigenvalue weighted by molar-refractivity contribution is -0.146. The maximum atomic E-state index is 13.6. The Bertz CT molecular complexity index is 693. The number of halogens is 2. The number of benzene rings is 1. The highest BCUT2D eigenvalue weighted by Gasteiger charge is 2.24. The summed E-state index contributed by atoms with van der Waals surface area (Å²) in [7, 11) is 0. The van der Waals surface area contributed by atoms with Crippen LogP contribution in [0.15, 0.2) is 23.3 Å². The maximum absolute atomic E-state index is 13.6. The SMILES string of the molecule is C[C@@H](OC(=O)C1=NNC(=O)CC1)C(=O)Nc1ccc(Cl)cc1F. The average Bonchev–Trinajstić information content (AvgIpc) is 2.50. The van der Waals surface area contributed by atoms with Crippen molar-refractivity contribution in [1.82, 2.24) is 5.43 Å². The van der Waals surface area contributed by atoms with Crippen molar-refractivity contribution in [2.24, 2.45) is 5.10 Å². The highest BCUT2D eigenvalue weighted by molar-refractivity contribution is 6.37. The number of nitrogens with one attached hydrogen (secondary N) is 2. The second kappa shape index (κ2) is 7.19. The molecule has 122 valence electrons. The second-order valence-corrected chi connectivity index (χ2v) is 5.19. The number of hydrogen-bond acceptors (Lipinski definition) is 5. The Morgan fingerprint density at radius 2 is 2.17 bits per heavy atom. The number of rotatable bonds is 4. The minimum atomic E-state index is -1.17. The van der Waals surface area contributed by atoms with Crippen LogP contribution in [0, 0.1) is 5.82 Å². The van der Waals surface area contributed by atoms with Crippen LogP contribution in [0.3, 0.4) is 0 Å². The van der Waals surface area contributed by atoms with Crippen molar-refractivity contribution >= 4 is 40.8 Å². The topological polar surface area (TPSA) is 96.9 Å². The predicted molar refractivity (Wildman–Crippen MR) is 80.4 cm³/mol. The van der Waals surface area contributed by atoms with Crippen molar-refractivity contribution in [2.75, 3.05) is 5.32 Å². The van der Waals surface area contributed by atoms with E-state index in [2.05, 4.69) is 15.8 Å². The molecule has 0 radical (unpaired) electrons. The summed E-state index contributed by atoms with van der Waals surface area (Å²) in [4.78, 5) is 34.7. The zero-order chi connectivity index (χ0) is 17.0. The van der Waals surface area contributed by atoms with Gasteiger partial charge in [-0.05, 0) is 25.1 Å². The van der Waals surface area contributed by atoms with E-state index in [9.17, 15) is 18.8 Å². The van der Waals surface area contributed by atoms with Gasteiger partial charge in [0.05, 0.1) is 5.69 Å². The summed E-state index contributed by atoms with van der Waals surface area (Å²) in [5, 5.41) is 6.05. The molecule has 0 saturated heterocycles. The molecule has 0 fully saturated rings. The number of esters is 1. The number of amides is 2. The number of hydrogen-bond donors (Lipinski definition) is 2. The molecule has 0 aliphatic carbocycles. The van der Waals surface area contributed by atoms with Crippen LogP contribution in [0.2, 0.25) is 5.02 Å². The molecule has 0 bridgehead atoms. The van der Waals surface area contributed by atoms with Crippen LogP contribution in [0.25, 0.3) is 0 Å². The van der Waals surface area contributed by atoms with E-state index in [1.165, 1.54) is 19.1 Å². The van der Waals surface area contributed by atoms with Crippen molar-refractivity contribution in [3.8, 4) is 0 Å². The number of carbonyl (C=O) groups is 3. The fraction of sp³-hybridized carbons (Fsp3) is 0.286. The lowest BCUT2D eigenvalue weighted by Gasteiger charge is -2.16. The number of ether oxygens (including phenoxy) is 1. The van der Waals surface area contributed by atoms with Crippen molar-refractivity contribution in [2.45, 2.75) is 25.9 Å². The molecule has 1 heterocycles. The summed E-state index contributed by atoms with van der Waals surface area (Å²) in [5.74, 6) is -2.53. The Kier molecular flexibility index (Phi) is 5.28. The van der Waals surface area contributed by atoms with Crippen LogP contribution in [0.5, 0.6) is 0 Å². The predicted octanol–water partition coefficient (Wildman–Crippen LogP) is 1.62. The van der Waals surface area contributed by atoms with Crippen LogP contribution in [0.4, 0.5) is 10.1 Å². The summed E-state index contributed by atoms with van der Waals surface area (Å²) in [6.45, 7) is 1.34. The first-order valence-electron chi connectivity index (χ1n) is 6.69. The van der Waals surface area contributed by atoms with Gasteiger partial charge in [-0.25, -0.2) is 14.6 Å². The average molecular weight is 342 g/mol.